The standard InChI is InChI=1S/C27H24N2O2/c1-18-12-13-22(16-19(18)2)24-25(28-15-14-21-10-6-7-11-23(21)28)27(31)29(26(24)30)17-20-8-4-3-5-9-20/h3-13,16H,14-15,17H2,1-2H3. The Morgan fingerprint density at radius 1 is 0.806 bits per heavy atom. The number of amides is 2. The average molecular weight is 409 g/mol. The van der Waals surface area contributed by atoms with Crippen molar-refractivity contribution in [1.29, 1.82) is 0 Å². The minimum absolute atomic E-state index is 0.223. The molecule has 3 aromatic rings. The zero-order valence-corrected chi connectivity index (χ0v) is 17.8. The third-order valence-electron chi connectivity index (χ3n) is 6.28. The van der Waals surface area contributed by atoms with Crippen LogP contribution in [0.3, 0.4) is 0 Å². The molecule has 2 aliphatic rings. The van der Waals surface area contributed by atoms with Crippen LogP contribution in [0.15, 0.2) is 78.5 Å². The van der Waals surface area contributed by atoms with Gasteiger partial charge in [-0.3, -0.25) is 14.5 Å². The first kappa shape index (κ1) is 19.3. The number of nitrogens with zero attached hydrogens (tertiary/aromatic N) is 2. The molecule has 0 atom stereocenters. The van der Waals surface area contributed by atoms with Gasteiger partial charge in [0.1, 0.15) is 5.70 Å². The van der Waals surface area contributed by atoms with Gasteiger partial charge in [-0.15, -0.1) is 0 Å². The second kappa shape index (κ2) is 7.55. The first-order valence-electron chi connectivity index (χ1n) is 10.6. The lowest BCUT2D eigenvalue weighted by molar-refractivity contribution is -0.137. The number of fused-ring (bicyclic) bond motifs is 1. The lowest BCUT2D eigenvalue weighted by atomic mass is 9.99. The van der Waals surface area contributed by atoms with Gasteiger partial charge in [0, 0.05) is 12.2 Å². The van der Waals surface area contributed by atoms with Gasteiger partial charge < -0.3 is 4.90 Å². The molecule has 0 radical (unpaired) electrons. The number of anilines is 1. The smallest absolute Gasteiger partial charge is 0.278 e. The van der Waals surface area contributed by atoms with Crippen LogP contribution in [0.1, 0.15) is 27.8 Å². The molecule has 2 aliphatic heterocycles. The summed E-state index contributed by atoms with van der Waals surface area (Å²) < 4.78 is 0. The Morgan fingerprint density at radius 3 is 2.32 bits per heavy atom. The van der Waals surface area contributed by atoms with E-state index in [-0.39, 0.29) is 18.4 Å². The topological polar surface area (TPSA) is 40.6 Å². The summed E-state index contributed by atoms with van der Waals surface area (Å²) in [6.45, 7) is 5.05. The van der Waals surface area contributed by atoms with E-state index >= 15 is 0 Å². The molecular weight excluding hydrogens is 384 g/mol. The van der Waals surface area contributed by atoms with Crippen LogP contribution in [-0.4, -0.2) is 23.3 Å². The highest BCUT2D eigenvalue weighted by Crippen LogP contribution is 2.39. The van der Waals surface area contributed by atoms with Gasteiger partial charge >= 0.3 is 0 Å². The summed E-state index contributed by atoms with van der Waals surface area (Å²) >= 11 is 0. The van der Waals surface area contributed by atoms with Crippen LogP contribution in [-0.2, 0) is 22.6 Å². The molecule has 0 N–H and O–H groups in total. The Hall–Kier alpha value is -3.66. The summed E-state index contributed by atoms with van der Waals surface area (Å²) in [5.41, 5.74) is 7.22. The van der Waals surface area contributed by atoms with Crippen molar-refractivity contribution in [1.82, 2.24) is 4.90 Å². The lowest BCUT2D eigenvalue weighted by Crippen LogP contribution is -2.34. The molecule has 2 amide bonds. The lowest BCUT2D eigenvalue weighted by Gasteiger charge is -2.22. The van der Waals surface area contributed by atoms with Crippen molar-refractivity contribution < 1.29 is 9.59 Å². The van der Waals surface area contributed by atoms with Crippen LogP contribution in [0.4, 0.5) is 5.69 Å². The van der Waals surface area contributed by atoms with Crippen LogP contribution < -0.4 is 4.90 Å². The summed E-state index contributed by atoms with van der Waals surface area (Å²) in [6, 6.07) is 23.8. The minimum atomic E-state index is -0.225. The fraction of sp³-hybridized carbons (Fsp3) is 0.185. The molecule has 0 fully saturated rings. The van der Waals surface area contributed by atoms with Gasteiger partial charge in [-0.05, 0) is 54.2 Å². The Bertz CT molecular complexity index is 1230. The van der Waals surface area contributed by atoms with Crippen molar-refractivity contribution >= 4 is 23.1 Å². The molecule has 0 aliphatic carbocycles. The van der Waals surface area contributed by atoms with Crippen LogP contribution in [0.5, 0.6) is 0 Å². The van der Waals surface area contributed by atoms with E-state index in [4.69, 9.17) is 0 Å². The number of imide groups is 1. The van der Waals surface area contributed by atoms with Crippen molar-refractivity contribution in [2.24, 2.45) is 0 Å². The molecule has 2 heterocycles. The summed E-state index contributed by atoms with van der Waals surface area (Å²) in [6.07, 6.45) is 0.861. The molecule has 4 nitrogen and oxygen atoms in total. The molecule has 4 heteroatoms. The van der Waals surface area contributed by atoms with Crippen LogP contribution in [0.25, 0.3) is 5.57 Å². The average Bonchev–Trinajstić information content (AvgIpc) is 3.30. The number of para-hydroxylation sites is 1. The number of hydrogen-bond donors (Lipinski definition) is 0. The van der Waals surface area contributed by atoms with E-state index in [0.29, 0.717) is 17.8 Å². The molecule has 31 heavy (non-hydrogen) atoms. The Labute approximate surface area is 182 Å². The van der Waals surface area contributed by atoms with E-state index in [1.165, 1.54) is 10.5 Å². The van der Waals surface area contributed by atoms with Gasteiger partial charge in [0.05, 0.1) is 12.1 Å². The van der Waals surface area contributed by atoms with E-state index < -0.39 is 0 Å². The van der Waals surface area contributed by atoms with Crippen molar-refractivity contribution in [2.45, 2.75) is 26.8 Å². The fourth-order valence-electron chi connectivity index (χ4n) is 4.45. The number of carbonyl (C=O) groups excluding carboxylic acids is 2. The largest absolute Gasteiger partial charge is 0.336 e. The first-order chi connectivity index (χ1) is 15.0. The Kier molecular flexibility index (Phi) is 4.70. The molecule has 3 aromatic carbocycles. The van der Waals surface area contributed by atoms with Crippen molar-refractivity contribution in [3.05, 3.63) is 106 Å². The molecule has 154 valence electrons. The number of aryl methyl sites for hydroxylation is 2. The van der Waals surface area contributed by atoms with Crippen molar-refractivity contribution in [3.63, 3.8) is 0 Å². The number of hydrogen-bond acceptors (Lipinski definition) is 3. The maximum atomic E-state index is 13.7. The number of benzene rings is 3. The second-order valence-electron chi connectivity index (χ2n) is 8.24. The summed E-state index contributed by atoms with van der Waals surface area (Å²) in [5.74, 6) is -0.449. The molecule has 0 saturated heterocycles. The Morgan fingerprint density at radius 2 is 1.55 bits per heavy atom. The highest BCUT2D eigenvalue weighted by atomic mass is 16.2. The zero-order chi connectivity index (χ0) is 21.5. The maximum Gasteiger partial charge on any atom is 0.278 e. The van der Waals surface area contributed by atoms with E-state index in [1.807, 2.05) is 78.6 Å². The molecule has 0 bridgehead atoms. The third kappa shape index (κ3) is 3.25. The predicted molar refractivity (Wildman–Crippen MR) is 122 cm³/mol. The highest BCUT2D eigenvalue weighted by molar-refractivity contribution is 6.36. The molecule has 0 spiro atoms. The Balaban J connectivity index is 1.64. The van der Waals surface area contributed by atoms with Crippen LogP contribution in [0, 0.1) is 13.8 Å². The van der Waals surface area contributed by atoms with Crippen LogP contribution >= 0.6 is 0 Å². The molecule has 5 rings (SSSR count). The van der Waals surface area contributed by atoms with Gasteiger partial charge in [-0.25, -0.2) is 0 Å². The number of rotatable bonds is 4. The normalized spacial score (nSPS) is 15.8. The predicted octanol–water partition coefficient (Wildman–Crippen LogP) is 4.65. The SMILES string of the molecule is Cc1ccc(C2=C(N3CCc4ccccc43)C(=O)N(Cc3ccccc3)C2=O)cc1C. The molecule has 0 aromatic heterocycles. The van der Waals surface area contributed by atoms with Gasteiger partial charge in [0.15, 0.2) is 0 Å². The van der Waals surface area contributed by atoms with E-state index in [2.05, 4.69) is 13.0 Å². The monoisotopic (exact) mass is 408 g/mol. The van der Waals surface area contributed by atoms with Crippen molar-refractivity contribution in [3.8, 4) is 0 Å². The third-order valence-corrected chi connectivity index (χ3v) is 6.28. The molecule has 0 unspecified atom stereocenters. The van der Waals surface area contributed by atoms with Gasteiger partial charge in [-0.2, -0.15) is 0 Å². The molecule has 0 saturated carbocycles. The van der Waals surface area contributed by atoms with Gasteiger partial charge in [-0.1, -0.05) is 66.7 Å². The summed E-state index contributed by atoms with van der Waals surface area (Å²) in [5, 5.41) is 0. The van der Waals surface area contributed by atoms with Crippen LogP contribution in [0.2, 0.25) is 0 Å². The van der Waals surface area contributed by atoms with E-state index in [9.17, 15) is 9.59 Å². The van der Waals surface area contributed by atoms with Gasteiger partial charge in [0.25, 0.3) is 11.8 Å². The first-order valence-corrected chi connectivity index (χ1v) is 10.6. The highest BCUT2D eigenvalue weighted by Gasteiger charge is 2.43. The summed E-state index contributed by atoms with van der Waals surface area (Å²) in [7, 11) is 0. The van der Waals surface area contributed by atoms with Gasteiger partial charge in [0.2, 0.25) is 0 Å². The van der Waals surface area contributed by atoms with Crippen molar-refractivity contribution in [2.75, 3.05) is 11.4 Å². The van der Waals surface area contributed by atoms with E-state index in [1.54, 1.807) is 0 Å². The second-order valence-corrected chi connectivity index (χ2v) is 8.24. The zero-order valence-electron chi connectivity index (χ0n) is 17.8. The fourth-order valence-corrected chi connectivity index (χ4v) is 4.45. The number of carbonyl (C=O) groups is 2. The minimum Gasteiger partial charge on any atom is -0.336 e. The maximum absolute atomic E-state index is 13.7. The van der Waals surface area contributed by atoms with E-state index in [0.717, 1.165) is 34.4 Å². The summed E-state index contributed by atoms with van der Waals surface area (Å²) in [4.78, 5) is 30.7. The molecular formula is C27H24N2O2. The quantitative estimate of drug-likeness (QED) is 0.590.